The summed E-state index contributed by atoms with van der Waals surface area (Å²) < 4.78 is 0. The molecule has 4 nitrogen and oxygen atoms in total. The molecule has 0 spiro atoms. The van der Waals surface area contributed by atoms with Gasteiger partial charge in [0.1, 0.15) is 0 Å². The Morgan fingerprint density at radius 2 is 2.06 bits per heavy atom. The van der Waals surface area contributed by atoms with Crippen LogP contribution in [0.15, 0.2) is 24.3 Å². The van der Waals surface area contributed by atoms with Crippen LogP contribution in [-0.4, -0.2) is 28.3 Å². The van der Waals surface area contributed by atoms with Gasteiger partial charge in [-0.3, -0.25) is 5.10 Å². The molecule has 1 aliphatic heterocycles. The lowest BCUT2D eigenvalue weighted by atomic mass is 10.2. The summed E-state index contributed by atoms with van der Waals surface area (Å²) in [7, 11) is 0. The van der Waals surface area contributed by atoms with Crippen molar-refractivity contribution >= 4 is 17.5 Å². The van der Waals surface area contributed by atoms with Gasteiger partial charge >= 0.3 is 0 Å². The Bertz CT molecular complexity index is 504. The maximum atomic E-state index is 6.09. The predicted octanol–water partition coefficient (Wildman–Crippen LogP) is 2.34. The van der Waals surface area contributed by atoms with Crippen molar-refractivity contribution in [2.75, 3.05) is 18.0 Å². The van der Waals surface area contributed by atoms with Crippen molar-refractivity contribution in [3.63, 3.8) is 0 Å². The number of aromatic amines is 1. The summed E-state index contributed by atoms with van der Waals surface area (Å²) in [4.78, 5) is 6.57. The van der Waals surface area contributed by atoms with Crippen molar-refractivity contribution in [2.45, 2.75) is 6.42 Å². The summed E-state index contributed by atoms with van der Waals surface area (Å²) in [5, 5.41) is 7.80. The number of benzene rings is 1. The minimum Gasteiger partial charge on any atom is -0.339 e. The lowest BCUT2D eigenvalue weighted by Crippen LogP contribution is -2.37. The van der Waals surface area contributed by atoms with Gasteiger partial charge in [0.2, 0.25) is 5.95 Å². The predicted molar refractivity (Wildman–Crippen MR) is 63.7 cm³/mol. The molecule has 0 bridgehead atoms. The molecule has 2 heterocycles. The van der Waals surface area contributed by atoms with Gasteiger partial charge in [0.05, 0.1) is 5.02 Å². The van der Waals surface area contributed by atoms with Crippen LogP contribution >= 0.6 is 11.6 Å². The number of halogens is 1. The molecular formula is C11H11ClN4. The lowest BCUT2D eigenvalue weighted by molar-refractivity contribution is 0.601. The first kappa shape index (κ1) is 9.66. The van der Waals surface area contributed by atoms with Gasteiger partial charge in [-0.1, -0.05) is 23.7 Å². The number of nitrogens with zero attached hydrogens (tertiary/aromatic N) is 3. The number of hydrogen-bond acceptors (Lipinski definition) is 3. The fourth-order valence-corrected chi connectivity index (χ4v) is 1.91. The van der Waals surface area contributed by atoms with Crippen LogP contribution in [0, 0.1) is 0 Å². The SMILES string of the molecule is Clc1ccccc1-c1nc(N2CCC2)n[nH]1. The summed E-state index contributed by atoms with van der Waals surface area (Å²) in [5.74, 6) is 1.49. The second-order valence-corrected chi connectivity index (χ2v) is 4.21. The zero-order chi connectivity index (χ0) is 11.0. The summed E-state index contributed by atoms with van der Waals surface area (Å²) >= 11 is 6.09. The van der Waals surface area contributed by atoms with Crippen molar-refractivity contribution in [3.05, 3.63) is 29.3 Å². The standard InChI is InChI=1S/C11H11ClN4/c12-9-5-2-1-4-8(9)10-13-11(15-14-10)16-6-3-7-16/h1-2,4-5H,3,6-7H2,(H,13,14,15). The molecule has 3 rings (SSSR count). The van der Waals surface area contributed by atoms with Gasteiger partial charge in [-0.05, 0) is 18.6 Å². The zero-order valence-corrected chi connectivity index (χ0v) is 9.41. The fourth-order valence-electron chi connectivity index (χ4n) is 1.68. The number of hydrogen-bond donors (Lipinski definition) is 1. The monoisotopic (exact) mass is 234 g/mol. The Balaban J connectivity index is 1.95. The molecule has 16 heavy (non-hydrogen) atoms. The van der Waals surface area contributed by atoms with E-state index >= 15 is 0 Å². The minimum absolute atomic E-state index is 0.689. The molecule has 82 valence electrons. The van der Waals surface area contributed by atoms with Gasteiger partial charge in [0.25, 0.3) is 0 Å². The second-order valence-electron chi connectivity index (χ2n) is 3.80. The van der Waals surface area contributed by atoms with E-state index in [1.807, 2.05) is 24.3 Å². The molecule has 0 aliphatic carbocycles. The van der Waals surface area contributed by atoms with E-state index in [0.717, 1.165) is 30.4 Å². The van der Waals surface area contributed by atoms with E-state index < -0.39 is 0 Å². The molecule has 0 saturated carbocycles. The van der Waals surface area contributed by atoms with Crippen LogP contribution in [0.2, 0.25) is 5.02 Å². The Morgan fingerprint density at radius 1 is 1.25 bits per heavy atom. The molecule has 0 atom stereocenters. The summed E-state index contributed by atoms with van der Waals surface area (Å²) in [5.41, 5.74) is 0.892. The van der Waals surface area contributed by atoms with Gasteiger partial charge in [-0.15, -0.1) is 5.10 Å². The number of nitrogens with one attached hydrogen (secondary N) is 1. The van der Waals surface area contributed by atoms with E-state index in [1.165, 1.54) is 6.42 Å². The average molecular weight is 235 g/mol. The molecule has 1 aromatic carbocycles. The highest BCUT2D eigenvalue weighted by molar-refractivity contribution is 6.33. The Hall–Kier alpha value is -1.55. The van der Waals surface area contributed by atoms with Crippen LogP contribution in [0.1, 0.15) is 6.42 Å². The molecule has 1 fully saturated rings. The van der Waals surface area contributed by atoms with Gasteiger partial charge in [-0.2, -0.15) is 4.98 Å². The van der Waals surface area contributed by atoms with Crippen LogP contribution in [0.4, 0.5) is 5.95 Å². The molecular weight excluding hydrogens is 224 g/mol. The third-order valence-corrected chi connectivity index (χ3v) is 3.07. The first-order chi connectivity index (χ1) is 7.84. The molecule has 1 aromatic heterocycles. The number of rotatable bonds is 2. The molecule has 0 amide bonds. The zero-order valence-electron chi connectivity index (χ0n) is 8.65. The van der Waals surface area contributed by atoms with Gasteiger partial charge < -0.3 is 4.90 Å². The van der Waals surface area contributed by atoms with Crippen molar-refractivity contribution < 1.29 is 0 Å². The van der Waals surface area contributed by atoms with Crippen LogP contribution in [0.5, 0.6) is 0 Å². The van der Waals surface area contributed by atoms with Gasteiger partial charge in [0, 0.05) is 18.7 Å². The van der Waals surface area contributed by atoms with E-state index in [-0.39, 0.29) is 0 Å². The smallest absolute Gasteiger partial charge is 0.245 e. The average Bonchev–Trinajstić information content (AvgIpc) is 2.65. The van der Waals surface area contributed by atoms with E-state index in [4.69, 9.17) is 11.6 Å². The van der Waals surface area contributed by atoms with E-state index in [1.54, 1.807) is 0 Å². The van der Waals surface area contributed by atoms with Gasteiger partial charge in [-0.25, -0.2) is 0 Å². The molecule has 5 heteroatoms. The van der Waals surface area contributed by atoms with Crippen LogP contribution in [0.25, 0.3) is 11.4 Å². The number of aromatic nitrogens is 3. The fraction of sp³-hybridized carbons (Fsp3) is 0.273. The quantitative estimate of drug-likeness (QED) is 0.868. The maximum Gasteiger partial charge on any atom is 0.245 e. The molecule has 1 aliphatic rings. The van der Waals surface area contributed by atoms with E-state index in [9.17, 15) is 0 Å². The molecule has 2 aromatic rings. The Kier molecular flexibility index (Phi) is 2.29. The molecule has 1 saturated heterocycles. The van der Waals surface area contributed by atoms with Crippen molar-refractivity contribution in [1.82, 2.24) is 15.2 Å². The summed E-state index contributed by atoms with van der Waals surface area (Å²) in [6.45, 7) is 2.08. The first-order valence-electron chi connectivity index (χ1n) is 5.27. The summed E-state index contributed by atoms with van der Waals surface area (Å²) in [6, 6.07) is 7.62. The minimum atomic E-state index is 0.689. The van der Waals surface area contributed by atoms with E-state index in [2.05, 4.69) is 20.1 Å². The van der Waals surface area contributed by atoms with Crippen molar-refractivity contribution in [2.24, 2.45) is 0 Å². The normalized spacial score (nSPS) is 14.9. The highest BCUT2D eigenvalue weighted by Gasteiger charge is 2.19. The highest BCUT2D eigenvalue weighted by Crippen LogP contribution is 2.26. The first-order valence-corrected chi connectivity index (χ1v) is 5.64. The third-order valence-electron chi connectivity index (χ3n) is 2.74. The second kappa shape index (κ2) is 3.79. The number of H-pyrrole nitrogens is 1. The van der Waals surface area contributed by atoms with Crippen molar-refractivity contribution in [1.29, 1.82) is 0 Å². The van der Waals surface area contributed by atoms with Crippen LogP contribution < -0.4 is 4.90 Å². The highest BCUT2D eigenvalue weighted by atomic mass is 35.5. The third kappa shape index (κ3) is 1.55. The Morgan fingerprint density at radius 3 is 2.75 bits per heavy atom. The number of anilines is 1. The van der Waals surface area contributed by atoms with Crippen LogP contribution in [0.3, 0.4) is 0 Å². The lowest BCUT2D eigenvalue weighted by Gasteiger charge is -2.29. The topological polar surface area (TPSA) is 44.8 Å². The maximum absolute atomic E-state index is 6.09. The Labute approximate surface area is 98.3 Å². The van der Waals surface area contributed by atoms with E-state index in [0.29, 0.717) is 5.02 Å². The molecule has 0 unspecified atom stereocenters. The summed E-state index contributed by atoms with van der Waals surface area (Å²) in [6.07, 6.45) is 1.22. The largest absolute Gasteiger partial charge is 0.339 e. The van der Waals surface area contributed by atoms with Crippen molar-refractivity contribution in [3.8, 4) is 11.4 Å². The van der Waals surface area contributed by atoms with Crippen LogP contribution in [-0.2, 0) is 0 Å². The van der Waals surface area contributed by atoms with Gasteiger partial charge in [0.15, 0.2) is 5.82 Å². The molecule has 1 N–H and O–H groups in total. The molecule has 0 radical (unpaired) electrons.